The Morgan fingerprint density at radius 2 is 1.81 bits per heavy atom. The van der Waals surface area contributed by atoms with Crippen LogP contribution < -0.4 is 5.32 Å². The van der Waals surface area contributed by atoms with Crippen LogP contribution in [0.1, 0.15) is 24.0 Å². The number of carbonyl (C=O) groups is 1. The number of carbonyl (C=O) groups excluding carboxylic acids is 1. The SMILES string of the molecule is Cc1ccc(S(=O)(=O)N2CCC(C(=O)Nc3cccc(F)c3)CC2)c(C)c1. The molecule has 7 heteroatoms. The largest absolute Gasteiger partial charge is 0.326 e. The molecular weight excluding hydrogens is 367 g/mol. The first-order valence-electron chi connectivity index (χ1n) is 8.91. The van der Waals surface area contributed by atoms with E-state index in [0.717, 1.165) is 11.1 Å². The van der Waals surface area contributed by atoms with Gasteiger partial charge in [-0.05, 0) is 56.5 Å². The zero-order valence-electron chi connectivity index (χ0n) is 15.4. The lowest BCUT2D eigenvalue weighted by Crippen LogP contribution is -2.41. The molecule has 0 unspecified atom stereocenters. The number of anilines is 1. The number of aryl methyl sites for hydroxylation is 2. The minimum atomic E-state index is -3.57. The van der Waals surface area contributed by atoms with Crippen LogP contribution in [0.15, 0.2) is 47.4 Å². The highest BCUT2D eigenvalue weighted by molar-refractivity contribution is 7.89. The Balaban J connectivity index is 1.65. The van der Waals surface area contributed by atoms with Crippen LogP contribution in [0.25, 0.3) is 0 Å². The van der Waals surface area contributed by atoms with E-state index in [9.17, 15) is 17.6 Å². The Kier molecular flexibility index (Phi) is 5.62. The predicted molar refractivity (Wildman–Crippen MR) is 102 cm³/mol. The Morgan fingerprint density at radius 3 is 2.44 bits per heavy atom. The molecule has 1 N–H and O–H groups in total. The Bertz CT molecular complexity index is 951. The van der Waals surface area contributed by atoms with Gasteiger partial charge in [0.05, 0.1) is 4.90 Å². The topological polar surface area (TPSA) is 66.5 Å². The molecule has 1 heterocycles. The summed E-state index contributed by atoms with van der Waals surface area (Å²) in [7, 11) is -3.57. The van der Waals surface area contributed by atoms with Crippen LogP contribution >= 0.6 is 0 Å². The summed E-state index contributed by atoms with van der Waals surface area (Å²) in [6.07, 6.45) is 0.872. The molecule has 0 atom stereocenters. The van der Waals surface area contributed by atoms with E-state index in [4.69, 9.17) is 0 Å². The Hall–Kier alpha value is -2.25. The van der Waals surface area contributed by atoms with E-state index in [-0.39, 0.29) is 24.9 Å². The number of nitrogens with zero attached hydrogens (tertiary/aromatic N) is 1. The minimum Gasteiger partial charge on any atom is -0.326 e. The van der Waals surface area contributed by atoms with Gasteiger partial charge in [0, 0.05) is 24.7 Å². The van der Waals surface area contributed by atoms with Crippen molar-refractivity contribution in [1.29, 1.82) is 0 Å². The summed E-state index contributed by atoms with van der Waals surface area (Å²) in [4.78, 5) is 12.7. The molecule has 1 amide bonds. The van der Waals surface area contributed by atoms with Crippen LogP contribution in [0, 0.1) is 25.6 Å². The summed E-state index contributed by atoms with van der Waals surface area (Å²) in [5, 5.41) is 2.71. The van der Waals surface area contributed by atoms with Gasteiger partial charge in [-0.3, -0.25) is 4.79 Å². The molecule has 0 bridgehead atoms. The van der Waals surface area contributed by atoms with Gasteiger partial charge in [0.1, 0.15) is 5.82 Å². The second-order valence-corrected chi connectivity index (χ2v) is 8.85. The summed E-state index contributed by atoms with van der Waals surface area (Å²) < 4.78 is 40.5. The Labute approximate surface area is 159 Å². The molecule has 3 rings (SSSR count). The van der Waals surface area contributed by atoms with E-state index in [1.165, 1.54) is 22.5 Å². The van der Waals surface area contributed by atoms with Crippen LogP contribution in [0.5, 0.6) is 0 Å². The van der Waals surface area contributed by atoms with E-state index >= 15 is 0 Å². The smallest absolute Gasteiger partial charge is 0.243 e. The van der Waals surface area contributed by atoms with Gasteiger partial charge in [-0.25, -0.2) is 12.8 Å². The van der Waals surface area contributed by atoms with Gasteiger partial charge in [-0.1, -0.05) is 23.8 Å². The van der Waals surface area contributed by atoms with Gasteiger partial charge < -0.3 is 5.32 Å². The lowest BCUT2D eigenvalue weighted by atomic mass is 9.97. The number of piperidine rings is 1. The lowest BCUT2D eigenvalue weighted by Gasteiger charge is -2.31. The third-order valence-electron chi connectivity index (χ3n) is 4.87. The average Bonchev–Trinajstić information content (AvgIpc) is 2.61. The molecule has 1 aliphatic rings. The van der Waals surface area contributed by atoms with Crippen molar-refractivity contribution in [3.63, 3.8) is 0 Å². The van der Waals surface area contributed by atoms with Crippen molar-refractivity contribution in [3.8, 4) is 0 Å². The number of benzene rings is 2. The normalized spacial score (nSPS) is 16.3. The van der Waals surface area contributed by atoms with Gasteiger partial charge in [0.15, 0.2) is 0 Å². The van der Waals surface area contributed by atoms with E-state index < -0.39 is 15.8 Å². The van der Waals surface area contributed by atoms with Crippen molar-refractivity contribution in [1.82, 2.24) is 4.31 Å². The monoisotopic (exact) mass is 390 g/mol. The standard InChI is InChI=1S/C20H23FN2O3S/c1-14-6-7-19(15(2)12-14)27(25,26)23-10-8-16(9-11-23)20(24)22-18-5-3-4-17(21)13-18/h3-7,12-13,16H,8-11H2,1-2H3,(H,22,24). The third kappa shape index (κ3) is 4.36. The number of rotatable bonds is 4. The number of sulfonamides is 1. The van der Waals surface area contributed by atoms with Gasteiger partial charge >= 0.3 is 0 Å². The maximum absolute atomic E-state index is 13.2. The fourth-order valence-corrected chi connectivity index (χ4v) is 5.07. The molecule has 2 aromatic carbocycles. The number of amides is 1. The number of halogens is 1. The van der Waals surface area contributed by atoms with E-state index in [0.29, 0.717) is 23.4 Å². The summed E-state index contributed by atoms with van der Waals surface area (Å²) in [5.74, 6) is -0.912. The molecule has 0 aromatic heterocycles. The molecule has 0 saturated carbocycles. The molecule has 144 valence electrons. The predicted octanol–water partition coefficient (Wildman–Crippen LogP) is 3.48. The molecule has 0 spiro atoms. The summed E-state index contributed by atoms with van der Waals surface area (Å²) >= 11 is 0. The van der Waals surface area contributed by atoms with E-state index in [2.05, 4.69) is 5.32 Å². The van der Waals surface area contributed by atoms with Crippen molar-refractivity contribution in [2.75, 3.05) is 18.4 Å². The quantitative estimate of drug-likeness (QED) is 0.869. The highest BCUT2D eigenvalue weighted by Gasteiger charge is 2.32. The van der Waals surface area contributed by atoms with E-state index in [1.807, 2.05) is 13.0 Å². The summed E-state index contributed by atoms with van der Waals surface area (Å²) in [5.41, 5.74) is 2.14. The molecule has 1 saturated heterocycles. The second kappa shape index (κ2) is 7.78. The van der Waals surface area contributed by atoms with Crippen molar-refractivity contribution < 1.29 is 17.6 Å². The highest BCUT2D eigenvalue weighted by Crippen LogP contribution is 2.27. The number of nitrogens with one attached hydrogen (secondary N) is 1. The molecule has 1 aliphatic heterocycles. The van der Waals surface area contributed by atoms with Crippen molar-refractivity contribution in [2.24, 2.45) is 5.92 Å². The first-order valence-corrected chi connectivity index (χ1v) is 10.4. The van der Waals surface area contributed by atoms with Crippen molar-refractivity contribution in [3.05, 3.63) is 59.4 Å². The first kappa shape index (κ1) is 19.5. The van der Waals surface area contributed by atoms with Gasteiger partial charge in [-0.2, -0.15) is 4.31 Å². The van der Waals surface area contributed by atoms with Crippen molar-refractivity contribution >= 4 is 21.6 Å². The van der Waals surface area contributed by atoms with Crippen LogP contribution in [-0.2, 0) is 14.8 Å². The van der Waals surface area contributed by atoms with Crippen LogP contribution in [0.4, 0.5) is 10.1 Å². The zero-order chi connectivity index (χ0) is 19.6. The van der Waals surface area contributed by atoms with Gasteiger partial charge in [0.25, 0.3) is 0 Å². The van der Waals surface area contributed by atoms with E-state index in [1.54, 1.807) is 25.1 Å². The van der Waals surface area contributed by atoms with Crippen LogP contribution in [0.3, 0.4) is 0 Å². The first-order chi connectivity index (χ1) is 12.8. The third-order valence-corrected chi connectivity index (χ3v) is 6.92. The molecule has 2 aromatic rings. The van der Waals surface area contributed by atoms with Gasteiger partial charge in [0.2, 0.25) is 15.9 Å². The average molecular weight is 390 g/mol. The fourth-order valence-electron chi connectivity index (χ4n) is 3.40. The van der Waals surface area contributed by atoms with Crippen LogP contribution in [0.2, 0.25) is 0 Å². The van der Waals surface area contributed by atoms with Crippen LogP contribution in [-0.4, -0.2) is 31.7 Å². The maximum Gasteiger partial charge on any atom is 0.243 e. The molecule has 0 aliphatic carbocycles. The molecule has 27 heavy (non-hydrogen) atoms. The van der Waals surface area contributed by atoms with Crippen molar-refractivity contribution in [2.45, 2.75) is 31.6 Å². The second-order valence-electron chi connectivity index (χ2n) is 6.95. The number of hydrogen-bond acceptors (Lipinski definition) is 3. The Morgan fingerprint density at radius 1 is 1.11 bits per heavy atom. The zero-order valence-corrected chi connectivity index (χ0v) is 16.2. The summed E-state index contributed by atoms with van der Waals surface area (Å²) in [6, 6.07) is 11.0. The number of hydrogen-bond donors (Lipinski definition) is 1. The highest BCUT2D eigenvalue weighted by atomic mass is 32.2. The summed E-state index contributed by atoms with van der Waals surface area (Å²) in [6.45, 7) is 4.29. The maximum atomic E-state index is 13.2. The lowest BCUT2D eigenvalue weighted by molar-refractivity contribution is -0.120. The molecule has 5 nitrogen and oxygen atoms in total. The molecular formula is C20H23FN2O3S. The fraction of sp³-hybridized carbons (Fsp3) is 0.350. The van der Waals surface area contributed by atoms with Gasteiger partial charge in [-0.15, -0.1) is 0 Å². The minimum absolute atomic E-state index is 0.204. The molecule has 0 radical (unpaired) electrons. The molecule has 1 fully saturated rings.